The molecule has 1 amide bonds. The van der Waals surface area contributed by atoms with Gasteiger partial charge in [0.1, 0.15) is 16.4 Å². The number of amides is 1. The van der Waals surface area contributed by atoms with E-state index in [9.17, 15) is 14.3 Å². The Hall–Kier alpha value is -2.71. The fourth-order valence-corrected chi connectivity index (χ4v) is 5.41. The zero-order valence-corrected chi connectivity index (χ0v) is 16.7. The first-order valence-electron chi connectivity index (χ1n) is 9.61. The van der Waals surface area contributed by atoms with E-state index >= 15 is 0 Å². The fraction of sp³-hybridized carbons (Fsp3) is 0.333. The van der Waals surface area contributed by atoms with E-state index in [4.69, 9.17) is 0 Å². The molecule has 1 saturated carbocycles. The topological polar surface area (TPSA) is 90.0 Å². The number of aliphatic hydroxyl groups is 1. The molecule has 4 N–H and O–H groups in total. The van der Waals surface area contributed by atoms with E-state index in [2.05, 4.69) is 20.8 Å². The Morgan fingerprint density at radius 1 is 1.14 bits per heavy atom. The third-order valence-electron chi connectivity index (χ3n) is 6.07. The maximum absolute atomic E-state index is 13.2. The van der Waals surface area contributed by atoms with Gasteiger partial charge in [-0.1, -0.05) is 12.1 Å². The summed E-state index contributed by atoms with van der Waals surface area (Å²) in [5.41, 5.74) is 1.88. The predicted molar refractivity (Wildman–Crippen MR) is 109 cm³/mol. The van der Waals surface area contributed by atoms with Crippen LogP contribution in [0, 0.1) is 12.7 Å². The van der Waals surface area contributed by atoms with Gasteiger partial charge in [-0.2, -0.15) is 5.10 Å². The van der Waals surface area contributed by atoms with Crippen LogP contribution in [0.1, 0.15) is 46.6 Å². The molecule has 2 aliphatic rings. The third-order valence-corrected chi connectivity index (χ3v) is 7.24. The molecule has 0 saturated heterocycles. The molecule has 3 heterocycles. The highest BCUT2D eigenvalue weighted by Gasteiger charge is 2.46. The number of rotatable bonds is 2. The number of thiophene rings is 1. The molecule has 0 atom stereocenters. The monoisotopic (exact) mass is 412 g/mol. The lowest BCUT2D eigenvalue weighted by atomic mass is 9.74. The van der Waals surface area contributed by atoms with Crippen LogP contribution in [0.3, 0.4) is 0 Å². The summed E-state index contributed by atoms with van der Waals surface area (Å²) in [4.78, 5) is 14.5. The maximum Gasteiger partial charge on any atom is 0.265 e. The van der Waals surface area contributed by atoms with Crippen molar-refractivity contribution in [2.24, 2.45) is 0 Å². The SMILES string of the molecule is Cc1[nH]ncc1-c1cc2c(s1)C(=O)N[C@]1(CC[C@](O)(c3ccc(F)cc3)CC1)N2. The van der Waals surface area contributed by atoms with Gasteiger partial charge >= 0.3 is 0 Å². The van der Waals surface area contributed by atoms with Crippen LogP contribution in [0.5, 0.6) is 0 Å². The number of hydrogen-bond acceptors (Lipinski definition) is 5. The standard InChI is InChI=1S/C21H21FN4O2S/c1-12-15(11-23-26-12)17-10-16-18(29-17)19(27)25-21(24-16)8-6-20(28,7-9-21)13-2-4-14(22)5-3-13/h2-5,10-11,24,28H,6-9H2,1H3,(H,23,26)(H,25,27)/t20-,21+. The van der Waals surface area contributed by atoms with Crippen LogP contribution in [0.25, 0.3) is 10.4 Å². The third kappa shape index (κ3) is 3.03. The highest BCUT2D eigenvalue weighted by atomic mass is 32.1. The summed E-state index contributed by atoms with van der Waals surface area (Å²) in [6.07, 6.45) is 3.85. The normalized spacial score (nSPS) is 26.1. The van der Waals surface area contributed by atoms with Crippen LogP contribution >= 0.6 is 11.3 Å². The quantitative estimate of drug-likeness (QED) is 0.514. The number of halogens is 1. The summed E-state index contributed by atoms with van der Waals surface area (Å²) in [5, 5.41) is 24.7. The summed E-state index contributed by atoms with van der Waals surface area (Å²) in [7, 11) is 0. The number of aromatic nitrogens is 2. The average molecular weight is 412 g/mol. The van der Waals surface area contributed by atoms with Crippen molar-refractivity contribution >= 4 is 22.9 Å². The fourth-order valence-electron chi connectivity index (χ4n) is 4.34. The van der Waals surface area contributed by atoms with Gasteiger partial charge in [0.05, 0.1) is 17.5 Å². The van der Waals surface area contributed by atoms with E-state index < -0.39 is 11.3 Å². The van der Waals surface area contributed by atoms with Crippen molar-refractivity contribution in [3.63, 3.8) is 0 Å². The van der Waals surface area contributed by atoms with E-state index in [0.717, 1.165) is 21.8 Å². The number of carbonyl (C=O) groups excluding carboxylic acids is 1. The number of aryl methyl sites for hydroxylation is 1. The molecule has 1 spiro atoms. The van der Waals surface area contributed by atoms with Crippen molar-refractivity contribution in [1.29, 1.82) is 0 Å². The Kier molecular flexibility index (Phi) is 4.04. The van der Waals surface area contributed by atoms with Crippen molar-refractivity contribution in [1.82, 2.24) is 15.5 Å². The van der Waals surface area contributed by atoms with Gasteiger partial charge in [-0.15, -0.1) is 11.3 Å². The van der Waals surface area contributed by atoms with Gasteiger partial charge in [0, 0.05) is 16.1 Å². The Morgan fingerprint density at radius 2 is 1.86 bits per heavy atom. The molecule has 1 aliphatic carbocycles. The van der Waals surface area contributed by atoms with Gasteiger partial charge in [-0.3, -0.25) is 9.89 Å². The average Bonchev–Trinajstić information content (AvgIpc) is 3.31. The Labute approximate surface area is 171 Å². The Balaban J connectivity index is 1.39. The van der Waals surface area contributed by atoms with Crippen molar-refractivity contribution in [3.05, 3.63) is 58.5 Å². The molecule has 6 nitrogen and oxygen atoms in total. The molecule has 150 valence electrons. The van der Waals surface area contributed by atoms with Crippen LogP contribution in [0.4, 0.5) is 10.1 Å². The molecule has 2 aromatic heterocycles. The summed E-state index contributed by atoms with van der Waals surface area (Å²) in [5.74, 6) is -0.414. The second kappa shape index (κ2) is 6.40. The van der Waals surface area contributed by atoms with Crippen LogP contribution in [0.2, 0.25) is 0 Å². The summed E-state index contributed by atoms with van der Waals surface area (Å²) < 4.78 is 13.2. The first-order chi connectivity index (χ1) is 13.9. The molecular formula is C21H21FN4O2S. The molecule has 0 unspecified atom stereocenters. The molecule has 1 aromatic carbocycles. The lowest BCUT2D eigenvalue weighted by Gasteiger charge is -2.47. The first kappa shape index (κ1) is 18.3. The van der Waals surface area contributed by atoms with E-state index in [-0.39, 0.29) is 11.7 Å². The molecule has 0 bridgehead atoms. The van der Waals surface area contributed by atoms with Crippen molar-refractivity contribution in [2.75, 3.05) is 5.32 Å². The van der Waals surface area contributed by atoms with Gasteiger partial charge in [-0.25, -0.2) is 4.39 Å². The molecule has 1 aliphatic heterocycles. The summed E-state index contributed by atoms with van der Waals surface area (Å²) in [6.45, 7) is 1.95. The van der Waals surface area contributed by atoms with Gasteiger partial charge in [0.15, 0.2) is 0 Å². The molecule has 8 heteroatoms. The molecule has 1 fully saturated rings. The number of benzene rings is 1. The second-order valence-corrected chi connectivity index (χ2v) is 9.01. The highest BCUT2D eigenvalue weighted by molar-refractivity contribution is 7.18. The van der Waals surface area contributed by atoms with Crippen LogP contribution in [-0.4, -0.2) is 26.9 Å². The lowest BCUT2D eigenvalue weighted by molar-refractivity contribution is -0.0213. The smallest absolute Gasteiger partial charge is 0.265 e. The van der Waals surface area contributed by atoms with Gasteiger partial charge in [0.2, 0.25) is 0 Å². The molecule has 0 radical (unpaired) electrons. The van der Waals surface area contributed by atoms with E-state index in [1.807, 2.05) is 13.0 Å². The van der Waals surface area contributed by atoms with E-state index in [0.29, 0.717) is 36.1 Å². The van der Waals surface area contributed by atoms with E-state index in [1.54, 1.807) is 18.3 Å². The molecule has 5 rings (SSSR count). The molecular weight excluding hydrogens is 391 g/mol. The molecule has 29 heavy (non-hydrogen) atoms. The second-order valence-electron chi connectivity index (χ2n) is 7.96. The number of nitrogens with zero attached hydrogens (tertiary/aromatic N) is 1. The van der Waals surface area contributed by atoms with Crippen LogP contribution in [-0.2, 0) is 5.60 Å². The van der Waals surface area contributed by atoms with Gasteiger partial charge in [-0.05, 0) is 56.4 Å². The number of anilines is 1. The summed E-state index contributed by atoms with van der Waals surface area (Å²) >= 11 is 1.44. The number of H-pyrrole nitrogens is 1. The Bertz CT molecular complexity index is 1080. The largest absolute Gasteiger partial charge is 0.385 e. The van der Waals surface area contributed by atoms with Crippen LogP contribution in [0.15, 0.2) is 36.5 Å². The van der Waals surface area contributed by atoms with Crippen molar-refractivity contribution in [3.8, 4) is 10.4 Å². The van der Waals surface area contributed by atoms with Crippen molar-refractivity contribution < 1.29 is 14.3 Å². The number of nitrogens with one attached hydrogen (secondary N) is 3. The Morgan fingerprint density at radius 3 is 2.52 bits per heavy atom. The minimum Gasteiger partial charge on any atom is -0.385 e. The zero-order valence-electron chi connectivity index (χ0n) is 15.9. The number of fused-ring (bicyclic) bond motifs is 1. The maximum atomic E-state index is 13.2. The lowest BCUT2D eigenvalue weighted by Crippen LogP contribution is -2.60. The zero-order chi connectivity index (χ0) is 20.2. The minimum absolute atomic E-state index is 0.0941. The van der Waals surface area contributed by atoms with E-state index in [1.165, 1.54) is 23.5 Å². The van der Waals surface area contributed by atoms with Crippen molar-refractivity contribution in [2.45, 2.75) is 43.9 Å². The predicted octanol–water partition coefficient (Wildman–Crippen LogP) is 3.90. The first-order valence-corrected chi connectivity index (χ1v) is 10.4. The number of carbonyl (C=O) groups is 1. The summed E-state index contributed by atoms with van der Waals surface area (Å²) in [6, 6.07) is 8.01. The number of hydrogen-bond donors (Lipinski definition) is 4. The molecule has 3 aromatic rings. The van der Waals surface area contributed by atoms with Gasteiger partial charge in [0.25, 0.3) is 5.91 Å². The van der Waals surface area contributed by atoms with Gasteiger partial charge < -0.3 is 15.7 Å². The van der Waals surface area contributed by atoms with Crippen LogP contribution < -0.4 is 10.6 Å². The number of aromatic amines is 1. The minimum atomic E-state index is -1.01. The highest BCUT2D eigenvalue weighted by Crippen LogP contribution is 2.45.